The van der Waals surface area contributed by atoms with Gasteiger partial charge in [-0.2, -0.15) is 0 Å². The van der Waals surface area contributed by atoms with E-state index in [0.29, 0.717) is 5.92 Å². The van der Waals surface area contributed by atoms with Crippen molar-refractivity contribution >= 4 is 5.82 Å². The molecule has 6 heteroatoms. The number of nitrogens with one attached hydrogen (secondary N) is 1. The molecular formula is C18H28N6. The molecule has 0 bridgehead atoms. The lowest BCUT2D eigenvalue weighted by Crippen LogP contribution is -2.18. The first-order valence-electron chi connectivity index (χ1n) is 8.89. The molecule has 2 aromatic heterocycles. The molecular weight excluding hydrogens is 300 g/mol. The number of hydrogen-bond donors (Lipinski definition) is 1. The number of fused-ring (bicyclic) bond motifs is 1. The van der Waals surface area contributed by atoms with E-state index in [9.17, 15) is 0 Å². The van der Waals surface area contributed by atoms with E-state index in [1.54, 1.807) is 0 Å². The molecule has 6 nitrogen and oxygen atoms in total. The molecule has 0 atom stereocenters. The summed E-state index contributed by atoms with van der Waals surface area (Å²) in [5.74, 6) is 4.31. The summed E-state index contributed by atoms with van der Waals surface area (Å²) >= 11 is 0. The van der Waals surface area contributed by atoms with Crippen molar-refractivity contribution in [3.8, 4) is 0 Å². The van der Waals surface area contributed by atoms with Crippen LogP contribution in [0.25, 0.3) is 0 Å². The van der Waals surface area contributed by atoms with Crippen LogP contribution >= 0.6 is 0 Å². The van der Waals surface area contributed by atoms with Crippen LogP contribution in [-0.4, -0.2) is 31.3 Å². The molecule has 130 valence electrons. The fourth-order valence-corrected chi connectivity index (χ4v) is 2.90. The van der Waals surface area contributed by atoms with Crippen LogP contribution in [0.15, 0.2) is 6.07 Å². The van der Waals surface area contributed by atoms with E-state index >= 15 is 0 Å². The second-order valence-electron chi connectivity index (χ2n) is 7.87. The number of rotatable bonds is 5. The molecule has 0 spiro atoms. The van der Waals surface area contributed by atoms with Crippen molar-refractivity contribution in [2.45, 2.75) is 71.8 Å². The molecule has 1 N–H and O–H groups in total. The van der Waals surface area contributed by atoms with Crippen LogP contribution in [0.1, 0.15) is 70.1 Å². The highest BCUT2D eigenvalue weighted by Crippen LogP contribution is 2.24. The molecule has 2 aromatic rings. The average Bonchev–Trinajstić information content (AvgIpc) is 3.10. The van der Waals surface area contributed by atoms with E-state index in [2.05, 4.69) is 65.8 Å². The van der Waals surface area contributed by atoms with E-state index in [1.165, 1.54) is 6.42 Å². The molecule has 1 aliphatic heterocycles. The van der Waals surface area contributed by atoms with E-state index < -0.39 is 0 Å². The van der Waals surface area contributed by atoms with Crippen molar-refractivity contribution in [3.05, 3.63) is 29.2 Å². The van der Waals surface area contributed by atoms with Gasteiger partial charge in [-0.05, 0) is 6.42 Å². The topological polar surface area (TPSA) is 68.5 Å². The van der Waals surface area contributed by atoms with E-state index in [-0.39, 0.29) is 5.41 Å². The molecule has 1 aliphatic rings. The standard InChI is InChI=1S/C18H28N6/c1-12(2)17-20-13(18(3,4)5)11-14(21-17)19-9-8-16-23-22-15-7-6-10-24(15)16/h11-12H,6-10H2,1-5H3,(H,19,20,21). The molecule has 0 unspecified atom stereocenters. The highest BCUT2D eigenvalue weighted by Gasteiger charge is 2.19. The zero-order valence-electron chi connectivity index (χ0n) is 15.4. The SMILES string of the molecule is CC(C)c1nc(NCCc2nnc3n2CCC3)cc(C(C)(C)C)n1. The van der Waals surface area contributed by atoms with E-state index in [4.69, 9.17) is 4.98 Å². The van der Waals surface area contributed by atoms with Crippen LogP contribution in [0.4, 0.5) is 5.82 Å². The fraction of sp³-hybridized carbons (Fsp3) is 0.667. The lowest BCUT2D eigenvalue weighted by atomic mass is 9.91. The first kappa shape index (κ1) is 16.9. The molecule has 0 saturated carbocycles. The molecule has 0 aromatic carbocycles. The fourth-order valence-electron chi connectivity index (χ4n) is 2.90. The van der Waals surface area contributed by atoms with Gasteiger partial charge in [-0.15, -0.1) is 10.2 Å². The third-order valence-electron chi connectivity index (χ3n) is 4.37. The number of anilines is 1. The predicted octanol–water partition coefficient (Wildman–Crippen LogP) is 3.09. The summed E-state index contributed by atoms with van der Waals surface area (Å²) in [6.45, 7) is 12.7. The van der Waals surface area contributed by atoms with Crippen molar-refractivity contribution in [2.24, 2.45) is 0 Å². The predicted molar refractivity (Wildman–Crippen MR) is 95.4 cm³/mol. The van der Waals surface area contributed by atoms with Crippen LogP contribution in [0.3, 0.4) is 0 Å². The van der Waals surface area contributed by atoms with Gasteiger partial charge in [-0.25, -0.2) is 9.97 Å². The second kappa shape index (κ2) is 6.49. The van der Waals surface area contributed by atoms with Crippen LogP contribution in [0, 0.1) is 0 Å². The Balaban J connectivity index is 1.71. The molecule has 0 saturated heterocycles. The van der Waals surface area contributed by atoms with Gasteiger partial charge >= 0.3 is 0 Å². The lowest BCUT2D eigenvalue weighted by molar-refractivity contribution is 0.558. The van der Waals surface area contributed by atoms with E-state index in [0.717, 1.165) is 54.9 Å². The summed E-state index contributed by atoms with van der Waals surface area (Å²) in [5.41, 5.74) is 1.09. The minimum absolute atomic E-state index is 0.0108. The van der Waals surface area contributed by atoms with Crippen molar-refractivity contribution in [2.75, 3.05) is 11.9 Å². The van der Waals surface area contributed by atoms with Crippen LogP contribution in [0.2, 0.25) is 0 Å². The van der Waals surface area contributed by atoms with Gasteiger partial charge in [0, 0.05) is 43.3 Å². The molecule has 0 amide bonds. The van der Waals surface area contributed by atoms with Gasteiger partial charge in [0.2, 0.25) is 0 Å². The molecule has 0 fully saturated rings. The normalized spacial score (nSPS) is 14.2. The van der Waals surface area contributed by atoms with Gasteiger partial charge in [0.05, 0.1) is 5.69 Å². The van der Waals surface area contributed by atoms with Gasteiger partial charge in [0.15, 0.2) is 0 Å². The van der Waals surface area contributed by atoms with E-state index in [1.807, 2.05) is 0 Å². The molecule has 3 rings (SSSR count). The third-order valence-corrected chi connectivity index (χ3v) is 4.37. The molecule has 3 heterocycles. The summed E-state index contributed by atoms with van der Waals surface area (Å²) in [7, 11) is 0. The highest BCUT2D eigenvalue weighted by molar-refractivity contribution is 5.38. The largest absolute Gasteiger partial charge is 0.370 e. The van der Waals surface area contributed by atoms with Gasteiger partial charge in [0.1, 0.15) is 23.3 Å². The van der Waals surface area contributed by atoms with Crippen molar-refractivity contribution < 1.29 is 0 Å². The van der Waals surface area contributed by atoms with Gasteiger partial charge in [0.25, 0.3) is 0 Å². The first-order valence-corrected chi connectivity index (χ1v) is 8.89. The quantitative estimate of drug-likeness (QED) is 0.913. The summed E-state index contributed by atoms with van der Waals surface area (Å²) < 4.78 is 2.25. The maximum atomic E-state index is 4.73. The monoisotopic (exact) mass is 328 g/mol. The van der Waals surface area contributed by atoms with Crippen molar-refractivity contribution in [1.82, 2.24) is 24.7 Å². The average molecular weight is 328 g/mol. The smallest absolute Gasteiger partial charge is 0.134 e. The zero-order valence-corrected chi connectivity index (χ0v) is 15.4. The van der Waals surface area contributed by atoms with Gasteiger partial charge in [-0.3, -0.25) is 0 Å². The Morgan fingerprint density at radius 3 is 2.71 bits per heavy atom. The summed E-state index contributed by atoms with van der Waals surface area (Å²) in [6, 6.07) is 2.07. The number of aryl methyl sites for hydroxylation is 1. The Morgan fingerprint density at radius 1 is 1.21 bits per heavy atom. The Kier molecular flexibility index (Phi) is 4.56. The Morgan fingerprint density at radius 2 is 2.00 bits per heavy atom. The molecule has 0 radical (unpaired) electrons. The Labute approximate surface area is 144 Å². The second-order valence-corrected chi connectivity index (χ2v) is 7.87. The minimum Gasteiger partial charge on any atom is -0.370 e. The third kappa shape index (κ3) is 3.57. The maximum absolute atomic E-state index is 4.73. The van der Waals surface area contributed by atoms with Crippen LogP contribution in [0.5, 0.6) is 0 Å². The Bertz CT molecular complexity index is 711. The number of aromatic nitrogens is 5. The van der Waals surface area contributed by atoms with Crippen molar-refractivity contribution in [3.63, 3.8) is 0 Å². The summed E-state index contributed by atoms with van der Waals surface area (Å²) in [6.07, 6.45) is 3.10. The summed E-state index contributed by atoms with van der Waals surface area (Å²) in [4.78, 5) is 9.40. The molecule has 0 aliphatic carbocycles. The maximum Gasteiger partial charge on any atom is 0.134 e. The minimum atomic E-state index is 0.0108. The number of nitrogens with zero attached hydrogens (tertiary/aromatic N) is 5. The van der Waals surface area contributed by atoms with Gasteiger partial charge < -0.3 is 9.88 Å². The van der Waals surface area contributed by atoms with Crippen LogP contribution < -0.4 is 5.32 Å². The van der Waals surface area contributed by atoms with Gasteiger partial charge in [-0.1, -0.05) is 34.6 Å². The molecule has 24 heavy (non-hydrogen) atoms. The van der Waals surface area contributed by atoms with Crippen molar-refractivity contribution in [1.29, 1.82) is 0 Å². The zero-order chi connectivity index (χ0) is 17.3. The summed E-state index contributed by atoms with van der Waals surface area (Å²) in [5, 5.41) is 12.0. The Hall–Kier alpha value is -1.98. The lowest BCUT2D eigenvalue weighted by Gasteiger charge is -2.20. The number of hydrogen-bond acceptors (Lipinski definition) is 5. The first-order chi connectivity index (χ1) is 11.3. The van der Waals surface area contributed by atoms with Crippen LogP contribution in [-0.2, 0) is 24.8 Å². The highest BCUT2D eigenvalue weighted by atomic mass is 15.3.